The number of anilines is 1. The predicted octanol–water partition coefficient (Wildman–Crippen LogP) is 3.58. The van der Waals surface area contributed by atoms with Gasteiger partial charge in [0, 0.05) is 18.6 Å². The van der Waals surface area contributed by atoms with Crippen LogP contribution in [0, 0.1) is 23.2 Å². The predicted molar refractivity (Wildman–Crippen MR) is 75.2 cm³/mol. The highest BCUT2D eigenvalue weighted by Gasteiger charge is 2.17. The van der Waals surface area contributed by atoms with E-state index >= 15 is 0 Å². The van der Waals surface area contributed by atoms with E-state index in [2.05, 4.69) is 19.9 Å². The molecule has 0 radical (unpaired) electrons. The van der Waals surface area contributed by atoms with Crippen LogP contribution in [0.1, 0.15) is 13.8 Å². The highest BCUT2D eigenvalue weighted by molar-refractivity contribution is 6.30. The van der Waals surface area contributed by atoms with E-state index in [0.29, 0.717) is 17.5 Å². The van der Waals surface area contributed by atoms with Gasteiger partial charge in [-0.15, -0.1) is 0 Å². The van der Waals surface area contributed by atoms with Gasteiger partial charge in [-0.25, -0.2) is 0 Å². The van der Waals surface area contributed by atoms with Gasteiger partial charge in [-0.1, -0.05) is 25.4 Å². The van der Waals surface area contributed by atoms with Crippen LogP contribution in [-0.4, -0.2) is 20.7 Å². The summed E-state index contributed by atoms with van der Waals surface area (Å²) in [5.74, 6) is 1.07. The molecule has 98 valence electrons. The van der Waals surface area contributed by atoms with Crippen LogP contribution in [-0.2, 0) is 0 Å². The standard InChI is InChI=1S/C14H19ClN2O/c1-10(2)11(8-16)9-17(3)13-7-12(15)5-6-14(13)18-4/h5-7,10-11H,9H2,1-4H3. The monoisotopic (exact) mass is 266 g/mol. The van der Waals surface area contributed by atoms with Crippen LogP contribution in [0.3, 0.4) is 0 Å². The molecular formula is C14H19ClN2O. The van der Waals surface area contributed by atoms with Gasteiger partial charge in [0.05, 0.1) is 24.8 Å². The van der Waals surface area contributed by atoms with Gasteiger partial charge in [0.25, 0.3) is 0 Å². The zero-order valence-corrected chi connectivity index (χ0v) is 12.0. The van der Waals surface area contributed by atoms with E-state index in [4.69, 9.17) is 21.6 Å². The summed E-state index contributed by atoms with van der Waals surface area (Å²) in [7, 11) is 3.58. The van der Waals surface area contributed by atoms with Gasteiger partial charge in [0.15, 0.2) is 0 Å². The molecule has 3 nitrogen and oxygen atoms in total. The fourth-order valence-corrected chi connectivity index (χ4v) is 1.92. The smallest absolute Gasteiger partial charge is 0.142 e. The molecular weight excluding hydrogens is 248 g/mol. The number of nitriles is 1. The average Bonchev–Trinajstić information content (AvgIpc) is 2.35. The minimum absolute atomic E-state index is 0.0151. The van der Waals surface area contributed by atoms with Crippen LogP contribution in [0.25, 0.3) is 0 Å². The van der Waals surface area contributed by atoms with Crippen LogP contribution in [0.2, 0.25) is 5.02 Å². The van der Waals surface area contributed by atoms with Crippen molar-refractivity contribution in [3.8, 4) is 11.8 Å². The summed E-state index contributed by atoms with van der Waals surface area (Å²) in [5, 5.41) is 9.80. The number of halogens is 1. The van der Waals surface area contributed by atoms with E-state index in [1.54, 1.807) is 13.2 Å². The number of hydrogen-bond acceptors (Lipinski definition) is 3. The summed E-state index contributed by atoms with van der Waals surface area (Å²) in [5.41, 5.74) is 0.908. The second-order valence-electron chi connectivity index (χ2n) is 4.68. The molecule has 1 unspecified atom stereocenters. The van der Waals surface area contributed by atoms with Gasteiger partial charge < -0.3 is 9.64 Å². The van der Waals surface area contributed by atoms with Gasteiger partial charge in [0.1, 0.15) is 5.75 Å². The average molecular weight is 267 g/mol. The maximum Gasteiger partial charge on any atom is 0.142 e. The van der Waals surface area contributed by atoms with Gasteiger partial charge >= 0.3 is 0 Å². The fraction of sp³-hybridized carbons (Fsp3) is 0.500. The quantitative estimate of drug-likeness (QED) is 0.817. The zero-order valence-electron chi connectivity index (χ0n) is 11.3. The third kappa shape index (κ3) is 3.54. The van der Waals surface area contributed by atoms with E-state index in [0.717, 1.165) is 11.4 Å². The topological polar surface area (TPSA) is 36.3 Å². The van der Waals surface area contributed by atoms with Gasteiger partial charge in [-0.2, -0.15) is 5.26 Å². The summed E-state index contributed by atoms with van der Waals surface area (Å²) >= 11 is 6.00. The molecule has 0 aromatic heterocycles. The maximum absolute atomic E-state index is 9.14. The Kier molecular flexibility index (Phi) is 5.30. The van der Waals surface area contributed by atoms with Crippen molar-refractivity contribution >= 4 is 17.3 Å². The number of nitrogens with zero attached hydrogens (tertiary/aromatic N) is 2. The van der Waals surface area contributed by atoms with Gasteiger partial charge in [-0.3, -0.25) is 0 Å². The van der Waals surface area contributed by atoms with E-state index in [-0.39, 0.29) is 5.92 Å². The lowest BCUT2D eigenvalue weighted by Crippen LogP contribution is -2.27. The van der Waals surface area contributed by atoms with Crippen molar-refractivity contribution in [2.24, 2.45) is 11.8 Å². The lowest BCUT2D eigenvalue weighted by Gasteiger charge is -2.25. The second kappa shape index (κ2) is 6.51. The number of rotatable bonds is 5. The SMILES string of the molecule is COc1ccc(Cl)cc1N(C)CC(C#N)C(C)C. The van der Waals surface area contributed by atoms with Crippen molar-refractivity contribution in [1.29, 1.82) is 5.26 Å². The largest absolute Gasteiger partial charge is 0.495 e. The molecule has 0 aliphatic heterocycles. The normalized spacial score (nSPS) is 12.1. The summed E-state index contributed by atoms with van der Waals surface area (Å²) in [6.07, 6.45) is 0. The van der Waals surface area contributed by atoms with Crippen LogP contribution < -0.4 is 9.64 Å². The van der Waals surface area contributed by atoms with Gasteiger partial charge in [-0.05, 0) is 24.1 Å². The van der Waals surface area contributed by atoms with Crippen molar-refractivity contribution in [1.82, 2.24) is 0 Å². The molecule has 1 atom stereocenters. The minimum Gasteiger partial charge on any atom is -0.495 e. The zero-order chi connectivity index (χ0) is 13.7. The molecule has 0 N–H and O–H groups in total. The Morgan fingerprint density at radius 2 is 2.11 bits per heavy atom. The summed E-state index contributed by atoms with van der Waals surface area (Å²) < 4.78 is 5.31. The first-order valence-electron chi connectivity index (χ1n) is 5.94. The van der Waals surface area contributed by atoms with Crippen molar-refractivity contribution < 1.29 is 4.74 Å². The molecule has 0 heterocycles. The van der Waals surface area contributed by atoms with E-state index in [9.17, 15) is 0 Å². The molecule has 0 saturated carbocycles. The first kappa shape index (κ1) is 14.7. The molecule has 0 aliphatic rings. The second-order valence-corrected chi connectivity index (χ2v) is 5.11. The highest BCUT2D eigenvalue weighted by atomic mass is 35.5. The van der Waals surface area contributed by atoms with Crippen molar-refractivity contribution in [2.45, 2.75) is 13.8 Å². The van der Waals surface area contributed by atoms with Crippen LogP contribution in [0.4, 0.5) is 5.69 Å². The van der Waals surface area contributed by atoms with Crippen molar-refractivity contribution in [3.05, 3.63) is 23.2 Å². The molecule has 18 heavy (non-hydrogen) atoms. The van der Waals surface area contributed by atoms with E-state index < -0.39 is 0 Å². The van der Waals surface area contributed by atoms with E-state index in [1.807, 2.05) is 24.1 Å². The molecule has 4 heteroatoms. The minimum atomic E-state index is -0.0151. The van der Waals surface area contributed by atoms with Crippen molar-refractivity contribution in [2.75, 3.05) is 25.6 Å². The molecule has 1 rings (SSSR count). The first-order valence-corrected chi connectivity index (χ1v) is 6.31. The Labute approximate surface area is 114 Å². The molecule has 1 aromatic carbocycles. The Morgan fingerprint density at radius 1 is 1.44 bits per heavy atom. The Bertz CT molecular complexity index is 440. The molecule has 0 amide bonds. The summed E-state index contributed by atoms with van der Waals surface area (Å²) in [6, 6.07) is 7.83. The Hall–Kier alpha value is -1.40. The molecule has 0 fully saturated rings. The number of benzene rings is 1. The molecule has 0 spiro atoms. The Balaban J connectivity index is 2.93. The fourth-order valence-electron chi connectivity index (χ4n) is 1.76. The number of methoxy groups -OCH3 is 1. The van der Waals surface area contributed by atoms with Gasteiger partial charge in [0.2, 0.25) is 0 Å². The third-order valence-corrected chi connectivity index (χ3v) is 3.23. The van der Waals surface area contributed by atoms with Crippen LogP contribution in [0.15, 0.2) is 18.2 Å². The van der Waals surface area contributed by atoms with Crippen LogP contribution >= 0.6 is 11.6 Å². The third-order valence-electron chi connectivity index (χ3n) is 2.99. The highest BCUT2D eigenvalue weighted by Crippen LogP contribution is 2.31. The molecule has 0 saturated heterocycles. The number of hydrogen-bond donors (Lipinski definition) is 0. The lowest BCUT2D eigenvalue weighted by molar-refractivity contribution is 0.412. The summed E-state index contributed by atoms with van der Waals surface area (Å²) in [6.45, 7) is 4.76. The molecule has 1 aromatic rings. The first-order chi connectivity index (χ1) is 8.49. The number of ether oxygens (including phenoxy) is 1. The van der Waals surface area contributed by atoms with E-state index in [1.165, 1.54) is 0 Å². The Morgan fingerprint density at radius 3 is 2.61 bits per heavy atom. The van der Waals surface area contributed by atoms with Crippen LogP contribution in [0.5, 0.6) is 5.75 Å². The molecule has 0 bridgehead atoms. The maximum atomic E-state index is 9.14. The summed E-state index contributed by atoms with van der Waals surface area (Å²) in [4.78, 5) is 2.01. The lowest BCUT2D eigenvalue weighted by atomic mass is 9.97. The van der Waals surface area contributed by atoms with Crippen molar-refractivity contribution in [3.63, 3.8) is 0 Å². The molecule has 0 aliphatic carbocycles.